The van der Waals surface area contributed by atoms with Crippen molar-refractivity contribution < 1.29 is 14.2 Å². The highest BCUT2D eigenvalue weighted by atomic mass is 16.7. The Labute approximate surface area is 136 Å². The molecule has 1 unspecified atom stereocenters. The molecule has 126 valence electrons. The summed E-state index contributed by atoms with van der Waals surface area (Å²) < 4.78 is 16.5. The van der Waals surface area contributed by atoms with Gasteiger partial charge in [0.1, 0.15) is 6.79 Å². The molecule has 0 amide bonds. The molecule has 1 rings (SSSR count). The predicted molar refractivity (Wildman–Crippen MR) is 90.8 cm³/mol. The first-order valence-corrected chi connectivity index (χ1v) is 8.63. The molecule has 0 saturated carbocycles. The molecule has 0 saturated heterocycles. The smallest absolute Gasteiger partial charge is 0.160 e. The fourth-order valence-electron chi connectivity index (χ4n) is 2.39. The van der Waals surface area contributed by atoms with Gasteiger partial charge in [-0.05, 0) is 18.4 Å². The Morgan fingerprint density at radius 1 is 0.909 bits per heavy atom. The summed E-state index contributed by atoms with van der Waals surface area (Å²) in [7, 11) is 1.64. The predicted octanol–water partition coefficient (Wildman–Crippen LogP) is 4.94. The van der Waals surface area contributed by atoms with Crippen molar-refractivity contribution in [2.45, 2.75) is 64.6 Å². The lowest BCUT2D eigenvalue weighted by Crippen LogP contribution is -2.20. The number of aryl methyl sites for hydroxylation is 1. The minimum Gasteiger partial charge on any atom is -0.359 e. The molecule has 0 bridgehead atoms. The zero-order valence-corrected chi connectivity index (χ0v) is 14.3. The molecule has 0 radical (unpaired) electrons. The van der Waals surface area contributed by atoms with Gasteiger partial charge in [-0.3, -0.25) is 0 Å². The molecule has 0 N–H and O–H groups in total. The number of ether oxygens (including phenoxy) is 3. The second-order valence-electron chi connectivity index (χ2n) is 5.67. The van der Waals surface area contributed by atoms with Crippen molar-refractivity contribution >= 4 is 0 Å². The van der Waals surface area contributed by atoms with E-state index in [1.54, 1.807) is 7.11 Å². The number of methoxy groups -OCH3 is 1. The molecule has 0 heterocycles. The third-order valence-electron chi connectivity index (χ3n) is 3.68. The largest absolute Gasteiger partial charge is 0.359 e. The fraction of sp³-hybridized carbons (Fsp3) is 0.684. The van der Waals surface area contributed by atoms with Crippen LogP contribution in [0, 0.1) is 0 Å². The molecule has 22 heavy (non-hydrogen) atoms. The molecular formula is C19H32O3. The van der Waals surface area contributed by atoms with E-state index in [-0.39, 0.29) is 13.1 Å². The van der Waals surface area contributed by atoms with Crippen molar-refractivity contribution in [3.8, 4) is 0 Å². The molecule has 3 nitrogen and oxygen atoms in total. The average Bonchev–Trinajstić information content (AvgIpc) is 2.56. The van der Waals surface area contributed by atoms with Gasteiger partial charge in [0.15, 0.2) is 6.29 Å². The first kappa shape index (κ1) is 19.1. The minimum absolute atomic E-state index is 0.171. The van der Waals surface area contributed by atoms with E-state index in [1.807, 2.05) is 6.07 Å². The average molecular weight is 308 g/mol. The number of unbranched alkanes of at least 4 members (excludes halogenated alkanes) is 5. The van der Waals surface area contributed by atoms with E-state index in [4.69, 9.17) is 14.2 Å². The van der Waals surface area contributed by atoms with E-state index >= 15 is 0 Å². The van der Waals surface area contributed by atoms with Crippen LogP contribution in [0.15, 0.2) is 30.3 Å². The first-order chi connectivity index (χ1) is 10.9. The summed E-state index contributed by atoms with van der Waals surface area (Å²) in [5, 5.41) is 0. The van der Waals surface area contributed by atoms with Crippen LogP contribution >= 0.6 is 0 Å². The molecule has 0 aliphatic carbocycles. The topological polar surface area (TPSA) is 27.7 Å². The fourth-order valence-corrected chi connectivity index (χ4v) is 2.39. The Balaban J connectivity index is 2.16. The third-order valence-corrected chi connectivity index (χ3v) is 3.68. The number of hydrogen-bond donors (Lipinski definition) is 0. The maximum absolute atomic E-state index is 5.87. The highest BCUT2D eigenvalue weighted by Gasteiger charge is 2.09. The van der Waals surface area contributed by atoms with Crippen LogP contribution in [0.3, 0.4) is 0 Å². The summed E-state index contributed by atoms with van der Waals surface area (Å²) >= 11 is 0. The van der Waals surface area contributed by atoms with Crippen molar-refractivity contribution in [2.24, 2.45) is 0 Å². The molecule has 0 fully saturated rings. The van der Waals surface area contributed by atoms with E-state index in [2.05, 4.69) is 31.2 Å². The van der Waals surface area contributed by atoms with E-state index < -0.39 is 0 Å². The van der Waals surface area contributed by atoms with Gasteiger partial charge in [0, 0.05) is 20.1 Å². The third kappa shape index (κ3) is 9.93. The normalized spacial score (nSPS) is 12.5. The van der Waals surface area contributed by atoms with Crippen molar-refractivity contribution in [2.75, 3.05) is 20.5 Å². The minimum atomic E-state index is -0.171. The van der Waals surface area contributed by atoms with Gasteiger partial charge in [-0.15, -0.1) is 0 Å². The van der Waals surface area contributed by atoms with Crippen LogP contribution in [-0.2, 0) is 20.6 Å². The summed E-state index contributed by atoms with van der Waals surface area (Å²) in [6.07, 6.45) is 9.31. The number of hydrogen-bond acceptors (Lipinski definition) is 3. The number of benzene rings is 1. The van der Waals surface area contributed by atoms with Gasteiger partial charge in [0.05, 0.1) is 0 Å². The van der Waals surface area contributed by atoms with Gasteiger partial charge in [-0.25, -0.2) is 0 Å². The van der Waals surface area contributed by atoms with Crippen molar-refractivity contribution in [3.63, 3.8) is 0 Å². The van der Waals surface area contributed by atoms with Gasteiger partial charge in [-0.1, -0.05) is 69.4 Å². The van der Waals surface area contributed by atoms with Crippen LogP contribution in [0.2, 0.25) is 0 Å². The van der Waals surface area contributed by atoms with Crippen LogP contribution in [0.1, 0.15) is 57.4 Å². The summed E-state index contributed by atoms with van der Waals surface area (Å²) in [6, 6.07) is 10.5. The first-order valence-electron chi connectivity index (χ1n) is 8.63. The lowest BCUT2D eigenvalue weighted by atomic mass is 10.1. The SMILES string of the molecule is CCCCCCCCOC(CCc1ccccc1)OCOC. The quantitative estimate of drug-likeness (QED) is 0.360. The lowest BCUT2D eigenvalue weighted by molar-refractivity contribution is -0.191. The molecule has 1 atom stereocenters. The molecule has 3 heteroatoms. The van der Waals surface area contributed by atoms with Gasteiger partial charge < -0.3 is 14.2 Å². The molecule has 1 aromatic carbocycles. The second-order valence-corrected chi connectivity index (χ2v) is 5.67. The molecule has 0 aliphatic rings. The second kappa shape index (κ2) is 13.7. The van der Waals surface area contributed by atoms with E-state index in [0.717, 1.165) is 25.9 Å². The van der Waals surface area contributed by atoms with Crippen molar-refractivity contribution in [1.29, 1.82) is 0 Å². The van der Waals surface area contributed by atoms with Crippen LogP contribution < -0.4 is 0 Å². The van der Waals surface area contributed by atoms with Gasteiger partial charge in [-0.2, -0.15) is 0 Å². The van der Waals surface area contributed by atoms with Crippen LogP contribution in [0.25, 0.3) is 0 Å². The Morgan fingerprint density at radius 3 is 2.36 bits per heavy atom. The van der Waals surface area contributed by atoms with Gasteiger partial charge in [0.2, 0.25) is 0 Å². The van der Waals surface area contributed by atoms with Crippen LogP contribution in [0.5, 0.6) is 0 Å². The van der Waals surface area contributed by atoms with Crippen LogP contribution in [-0.4, -0.2) is 26.8 Å². The highest BCUT2D eigenvalue weighted by Crippen LogP contribution is 2.11. The summed E-state index contributed by atoms with van der Waals surface area (Å²) in [6.45, 7) is 3.30. The Bertz CT molecular complexity index is 340. The van der Waals surface area contributed by atoms with Crippen molar-refractivity contribution in [3.05, 3.63) is 35.9 Å². The zero-order valence-electron chi connectivity index (χ0n) is 14.3. The standard InChI is InChI=1S/C19H32O3/c1-3-4-5-6-7-11-16-21-19(22-17-20-2)15-14-18-12-9-8-10-13-18/h8-10,12-13,19H,3-7,11,14-17H2,1-2H3. The lowest BCUT2D eigenvalue weighted by Gasteiger charge is -2.18. The summed E-state index contributed by atoms with van der Waals surface area (Å²) in [5.74, 6) is 0. The molecule has 0 aromatic heterocycles. The number of rotatable bonds is 14. The zero-order chi connectivity index (χ0) is 15.9. The van der Waals surface area contributed by atoms with E-state index in [0.29, 0.717) is 0 Å². The Morgan fingerprint density at radius 2 is 1.64 bits per heavy atom. The monoisotopic (exact) mass is 308 g/mol. The maximum Gasteiger partial charge on any atom is 0.160 e. The van der Waals surface area contributed by atoms with E-state index in [1.165, 1.54) is 37.7 Å². The molecular weight excluding hydrogens is 276 g/mol. The van der Waals surface area contributed by atoms with Crippen LogP contribution in [0.4, 0.5) is 0 Å². The van der Waals surface area contributed by atoms with Gasteiger partial charge >= 0.3 is 0 Å². The summed E-state index contributed by atoms with van der Waals surface area (Å²) in [4.78, 5) is 0. The molecule has 0 spiro atoms. The molecule has 1 aromatic rings. The molecule has 0 aliphatic heterocycles. The highest BCUT2D eigenvalue weighted by molar-refractivity contribution is 5.14. The van der Waals surface area contributed by atoms with Crippen molar-refractivity contribution in [1.82, 2.24) is 0 Å². The van der Waals surface area contributed by atoms with Gasteiger partial charge in [0.25, 0.3) is 0 Å². The Hall–Kier alpha value is -0.900. The van der Waals surface area contributed by atoms with E-state index in [9.17, 15) is 0 Å². The Kier molecular flexibility index (Phi) is 12.0. The maximum atomic E-state index is 5.87. The summed E-state index contributed by atoms with van der Waals surface area (Å²) in [5.41, 5.74) is 1.32.